The molecule has 0 amide bonds. The first kappa shape index (κ1) is 7.91. The highest BCUT2D eigenvalue weighted by atomic mass is 16.3. The summed E-state index contributed by atoms with van der Waals surface area (Å²) in [6, 6.07) is 0. The number of H-pyrrole nitrogens is 1. The first-order chi connectivity index (χ1) is 5.33. The van der Waals surface area contributed by atoms with Gasteiger partial charge in [-0.1, -0.05) is 13.8 Å². The van der Waals surface area contributed by atoms with Crippen LogP contribution in [-0.2, 0) is 12.8 Å². The SMILES string of the molecule is CCc1n[nH]c(CC)c1N=O. The van der Waals surface area contributed by atoms with Crippen LogP contribution >= 0.6 is 0 Å². The van der Waals surface area contributed by atoms with E-state index in [1.54, 1.807) is 0 Å². The lowest BCUT2D eigenvalue weighted by Crippen LogP contribution is -1.78. The second-order valence-electron chi connectivity index (χ2n) is 2.30. The molecular formula is C7H11N3O. The van der Waals surface area contributed by atoms with Gasteiger partial charge in [-0.15, -0.1) is 4.91 Å². The summed E-state index contributed by atoms with van der Waals surface area (Å²) in [6.45, 7) is 3.91. The van der Waals surface area contributed by atoms with E-state index < -0.39 is 0 Å². The Labute approximate surface area is 65.0 Å². The van der Waals surface area contributed by atoms with Gasteiger partial charge in [0.25, 0.3) is 0 Å². The third-order valence-corrected chi connectivity index (χ3v) is 1.66. The van der Waals surface area contributed by atoms with Crippen molar-refractivity contribution in [3.05, 3.63) is 16.3 Å². The molecule has 4 heteroatoms. The van der Waals surface area contributed by atoms with Gasteiger partial charge in [0.2, 0.25) is 0 Å². The molecule has 0 aliphatic carbocycles. The molecule has 4 nitrogen and oxygen atoms in total. The molecule has 1 aromatic heterocycles. The maximum atomic E-state index is 10.3. The minimum absolute atomic E-state index is 0.495. The normalized spacial score (nSPS) is 10.0. The van der Waals surface area contributed by atoms with E-state index in [1.807, 2.05) is 13.8 Å². The summed E-state index contributed by atoms with van der Waals surface area (Å²) >= 11 is 0. The second kappa shape index (κ2) is 3.27. The van der Waals surface area contributed by atoms with Gasteiger partial charge in [-0.2, -0.15) is 5.10 Å². The molecule has 0 atom stereocenters. The van der Waals surface area contributed by atoms with Crippen LogP contribution in [-0.4, -0.2) is 10.2 Å². The molecule has 1 aromatic rings. The molecule has 1 rings (SSSR count). The first-order valence-corrected chi connectivity index (χ1v) is 3.72. The summed E-state index contributed by atoms with van der Waals surface area (Å²) in [4.78, 5) is 10.3. The zero-order valence-corrected chi connectivity index (χ0v) is 6.72. The Morgan fingerprint density at radius 1 is 1.45 bits per heavy atom. The Hall–Kier alpha value is -1.19. The highest BCUT2D eigenvalue weighted by Gasteiger charge is 2.09. The number of aryl methyl sites for hydroxylation is 2. The third-order valence-electron chi connectivity index (χ3n) is 1.66. The van der Waals surface area contributed by atoms with Crippen molar-refractivity contribution in [3.8, 4) is 0 Å². The lowest BCUT2D eigenvalue weighted by atomic mass is 10.2. The van der Waals surface area contributed by atoms with Crippen molar-refractivity contribution in [2.24, 2.45) is 5.18 Å². The quantitative estimate of drug-likeness (QED) is 0.674. The number of rotatable bonds is 3. The number of nitrogens with zero attached hydrogens (tertiary/aromatic N) is 2. The monoisotopic (exact) mass is 153 g/mol. The smallest absolute Gasteiger partial charge is 0.151 e. The minimum atomic E-state index is 0.495. The molecule has 0 saturated carbocycles. The average Bonchev–Trinajstić information content (AvgIpc) is 2.45. The molecule has 0 radical (unpaired) electrons. The van der Waals surface area contributed by atoms with Crippen LogP contribution in [0.4, 0.5) is 5.69 Å². The van der Waals surface area contributed by atoms with Crippen LogP contribution in [0.1, 0.15) is 25.2 Å². The lowest BCUT2D eigenvalue weighted by molar-refractivity contribution is 0.936. The van der Waals surface area contributed by atoms with Gasteiger partial charge in [-0.05, 0) is 18.0 Å². The zero-order chi connectivity index (χ0) is 8.27. The highest BCUT2D eigenvalue weighted by molar-refractivity contribution is 5.46. The predicted octanol–water partition coefficient (Wildman–Crippen LogP) is 1.93. The standard InChI is InChI=1S/C7H11N3O/c1-3-5-7(10-11)6(4-2)9-8-5/h3-4H2,1-2H3,(H,8,9). The Morgan fingerprint density at radius 3 is 2.64 bits per heavy atom. The highest BCUT2D eigenvalue weighted by Crippen LogP contribution is 2.21. The Bertz CT molecular complexity index is 233. The first-order valence-electron chi connectivity index (χ1n) is 3.72. The molecular weight excluding hydrogens is 142 g/mol. The van der Waals surface area contributed by atoms with E-state index in [2.05, 4.69) is 15.4 Å². The van der Waals surface area contributed by atoms with Crippen LogP contribution in [0.25, 0.3) is 0 Å². The molecule has 0 fully saturated rings. The molecule has 0 aliphatic heterocycles. The average molecular weight is 153 g/mol. The molecule has 1 heterocycles. The van der Waals surface area contributed by atoms with Gasteiger partial charge in [-0.3, -0.25) is 5.10 Å². The van der Waals surface area contributed by atoms with Crippen molar-refractivity contribution < 1.29 is 0 Å². The van der Waals surface area contributed by atoms with Crippen molar-refractivity contribution >= 4 is 5.69 Å². The number of hydrogen-bond acceptors (Lipinski definition) is 3. The third kappa shape index (κ3) is 1.29. The van der Waals surface area contributed by atoms with Gasteiger partial charge in [0.05, 0.1) is 11.4 Å². The second-order valence-corrected chi connectivity index (χ2v) is 2.30. The van der Waals surface area contributed by atoms with Gasteiger partial charge in [0.1, 0.15) is 0 Å². The maximum absolute atomic E-state index is 10.3. The van der Waals surface area contributed by atoms with E-state index in [1.165, 1.54) is 0 Å². The van der Waals surface area contributed by atoms with E-state index >= 15 is 0 Å². The van der Waals surface area contributed by atoms with Crippen molar-refractivity contribution in [1.29, 1.82) is 0 Å². The van der Waals surface area contributed by atoms with Crippen molar-refractivity contribution in [1.82, 2.24) is 10.2 Å². The van der Waals surface area contributed by atoms with Gasteiger partial charge >= 0.3 is 0 Å². The molecule has 0 unspecified atom stereocenters. The van der Waals surface area contributed by atoms with Crippen molar-refractivity contribution in [3.63, 3.8) is 0 Å². The Kier molecular flexibility index (Phi) is 2.36. The van der Waals surface area contributed by atoms with Crippen LogP contribution in [0.2, 0.25) is 0 Å². The number of nitroso groups, excluding NO2 is 1. The molecule has 0 bridgehead atoms. The van der Waals surface area contributed by atoms with E-state index in [0.29, 0.717) is 5.69 Å². The summed E-state index contributed by atoms with van der Waals surface area (Å²) in [7, 11) is 0. The summed E-state index contributed by atoms with van der Waals surface area (Å²) in [5, 5.41) is 9.67. The largest absolute Gasteiger partial charge is 0.280 e. The summed E-state index contributed by atoms with van der Waals surface area (Å²) in [5.74, 6) is 0. The Morgan fingerprint density at radius 2 is 2.18 bits per heavy atom. The van der Waals surface area contributed by atoms with Crippen LogP contribution in [0.5, 0.6) is 0 Å². The lowest BCUT2D eigenvalue weighted by Gasteiger charge is -1.89. The fourth-order valence-corrected chi connectivity index (χ4v) is 1.02. The van der Waals surface area contributed by atoms with Crippen LogP contribution in [0.15, 0.2) is 5.18 Å². The molecule has 0 aliphatic rings. The molecule has 11 heavy (non-hydrogen) atoms. The van der Waals surface area contributed by atoms with E-state index in [0.717, 1.165) is 24.2 Å². The van der Waals surface area contributed by atoms with Crippen LogP contribution in [0.3, 0.4) is 0 Å². The molecule has 0 saturated heterocycles. The van der Waals surface area contributed by atoms with Gasteiger partial charge in [0.15, 0.2) is 5.69 Å². The van der Waals surface area contributed by atoms with Crippen LogP contribution in [0, 0.1) is 4.91 Å². The predicted molar refractivity (Wildman–Crippen MR) is 42.8 cm³/mol. The minimum Gasteiger partial charge on any atom is -0.280 e. The van der Waals surface area contributed by atoms with Crippen molar-refractivity contribution in [2.45, 2.75) is 26.7 Å². The fraction of sp³-hybridized carbons (Fsp3) is 0.571. The molecule has 0 aromatic carbocycles. The summed E-state index contributed by atoms with van der Waals surface area (Å²) in [6.07, 6.45) is 1.52. The van der Waals surface area contributed by atoms with Gasteiger partial charge in [0, 0.05) is 0 Å². The molecule has 0 spiro atoms. The number of aromatic amines is 1. The zero-order valence-electron chi connectivity index (χ0n) is 6.72. The van der Waals surface area contributed by atoms with E-state index in [9.17, 15) is 4.91 Å². The molecule has 1 N–H and O–H groups in total. The maximum Gasteiger partial charge on any atom is 0.151 e. The van der Waals surface area contributed by atoms with Gasteiger partial charge in [-0.25, -0.2) is 0 Å². The summed E-state index contributed by atoms with van der Waals surface area (Å²) < 4.78 is 0. The van der Waals surface area contributed by atoms with Crippen LogP contribution < -0.4 is 0 Å². The van der Waals surface area contributed by atoms with Crippen molar-refractivity contribution in [2.75, 3.05) is 0 Å². The fourth-order valence-electron chi connectivity index (χ4n) is 1.02. The topological polar surface area (TPSA) is 58.1 Å². The van der Waals surface area contributed by atoms with E-state index in [-0.39, 0.29) is 0 Å². The number of aromatic nitrogens is 2. The molecule has 60 valence electrons. The Balaban J connectivity index is 3.08. The van der Waals surface area contributed by atoms with E-state index in [4.69, 9.17) is 0 Å². The number of hydrogen-bond donors (Lipinski definition) is 1. The van der Waals surface area contributed by atoms with Gasteiger partial charge < -0.3 is 0 Å². The summed E-state index contributed by atoms with van der Waals surface area (Å²) in [5.41, 5.74) is 2.09. The number of nitrogens with one attached hydrogen (secondary N) is 1.